The second-order valence-corrected chi connectivity index (χ2v) is 12.1. The summed E-state index contributed by atoms with van der Waals surface area (Å²) in [5.74, 6) is -2.14. The number of halogens is 3. The van der Waals surface area contributed by atoms with Gasteiger partial charge in [-0.2, -0.15) is 13.2 Å². The number of hydrogen-bond acceptors (Lipinski definition) is 5. The van der Waals surface area contributed by atoms with E-state index in [1.807, 2.05) is 0 Å². The minimum Gasteiger partial charge on any atom is -0.392 e. The summed E-state index contributed by atoms with van der Waals surface area (Å²) < 4.78 is 68.7. The van der Waals surface area contributed by atoms with Crippen LogP contribution < -0.4 is 5.73 Å². The van der Waals surface area contributed by atoms with Crippen molar-refractivity contribution in [2.75, 3.05) is 12.4 Å². The van der Waals surface area contributed by atoms with Crippen LogP contribution in [0.4, 0.5) is 13.2 Å². The van der Waals surface area contributed by atoms with E-state index in [0.717, 1.165) is 0 Å². The highest BCUT2D eigenvalue weighted by atomic mass is 32.2. The van der Waals surface area contributed by atoms with E-state index in [9.17, 15) is 31.5 Å². The number of aliphatic hydroxyl groups is 1. The number of carbonyl (C=O) groups excluding carboxylic acids is 1. The fourth-order valence-electron chi connectivity index (χ4n) is 5.42. The molecule has 2 aromatic carbocycles. The van der Waals surface area contributed by atoms with Gasteiger partial charge in [-0.05, 0) is 55.4 Å². The Morgan fingerprint density at radius 1 is 1.11 bits per heavy atom. The molecule has 1 saturated carbocycles. The summed E-state index contributed by atoms with van der Waals surface area (Å²) in [6.07, 6.45) is -3.39. The first kappa shape index (κ1) is 27.1. The predicted octanol–water partition coefficient (Wildman–Crippen LogP) is 4.17. The zero-order chi connectivity index (χ0) is 27.0. The first-order valence-electron chi connectivity index (χ1n) is 12.2. The van der Waals surface area contributed by atoms with Gasteiger partial charge in [0.15, 0.2) is 14.7 Å². The second-order valence-electron chi connectivity index (χ2n) is 9.61. The van der Waals surface area contributed by atoms with Gasteiger partial charge in [-0.15, -0.1) is 0 Å². The fraction of sp³-hybridized carbons (Fsp3) is 0.462. The number of aromatic nitrogens is 2. The summed E-state index contributed by atoms with van der Waals surface area (Å²) in [6, 6.07) is 12.8. The van der Waals surface area contributed by atoms with Crippen LogP contribution in [0.25, 0.3) is 11.0 Å². The predicted molar refractivity (Wildman–Crippen MR) is 134 cm³/mol. The molecular weight excluding hydrogens is 507 g/mol. The number of hydrogen-bond donors (Lipinski definition) is 2. The number of amides is 1. The smallest absolute Gasteiger partial charge is 0.391 e. The van der Waals surface area contributed by atoms with Crippen LogP contribution in [0.3, 0.4) is 0 Å². The number of fused-ring (bicyclic) bond motifs is 1. The van der Waals surface area contributed by atoms with E-state index >= 15 is 0 Å². The molecule has 0 radical (unpaired) electrons. The highest BCUT2D eigenvalue weighted by Crippen LogP contribution is 2.42. The number of carbonyl (C=O) groups is 1. The standard InChI is InChI=1S/C26H30F3N3O4S/c1-2-37(35,36)25(16-33,19-6-4-3-5-7-19)32-22-13-10-18(24(30)34)15-21(22)31-23(32)14-17-8-11-20(12-9-17)26(27,28)29/h3-7,10,13,15,17,20,33H,2,8-9,11-12,14,16H2,1H3,(H2,30,34). The summed E-state index contributed by atoms with van der Waals surface area (Å²) >= 11 is 0. The Kier molecular flexibility index (Phi) is 7.40. The van der Waals surface area contributed by atoms with Crippen molar-refractivity contribution in [3.8, 4) is 0 Å². The van der Waals surface area contributed by atoms with Gasteiger partial charge >= 0.3 is 6.18 Å². The van der Waals surface area contributed by atoms with Gasteiger partial charge in [-0.25, -0.2) is 13.4 Å². The number of sulfone groups is 1. The molecule has 1 aliphatic carbocycles. The minimum absolute atomic E-state index is 0.00267. The summed E-state index contributed by atoms with van der Waals surface area (Å²) in [4.78, 5) is 14.5. The van der Waals surface area contributed by atoms with Crippen LogP contribution in [0, 0.1) is 11.8 Å². The van der Waals surface area contributed by atoms with E-state index < -0.39 is 39.3 Å². The number of rotatable bonds is 8. The molecular formula is C26H30F3N3O4S. The number of alkyl halides is 3. The normalized spacial score (nSPS) is 20.6. The Hall–Kier alpha value is -2.92. The maximum absolute atomic E-state index is 13.8. The van der Waals surface area contributed by atoms with E-state index in [0.29, 0.717) is 35.3 Å². The third-order valence-electron chi connectivity index (χ3n) is 7.48. The molecule has 7 nitrogen and oxygen atoms in total. The van der Waals surface area contributed by atoms with Gasteiger partial charge in [0.2, 0.25) is 5.91 Å². The van der Waals surface area contributed by atoms with Crippen LogP contribution in [-0.4, -0.2) is 47.5 Å². The summed E-state index contributed by atoms with van der Waals surface area (Å²) in [5.41, 5.74) is 6.64. The molecule has 1 heterocycles. The average molecular weight is 538 g/mol. The van der Waals surface area contributed by atoms with Crippen LogP contribution in [0.5, 0.6) is 0 Å². The maximum Gasteiger partial charge on any atom is 0.391 e. The van der Waals surface area contributed by atoms with E-state index in [1.165, 1.54) is 23.6 Å². The van der Waals surface area contributed by atoms with Crippen molar-refractivity contribution < 1.29 is 31.5 Å². The van der Waals surface area contributed by atoms with E-state index in [-0.39, 0.29) is 36.5 Å². The summed E-state index contributed by atoms with van der Waals surface area (Å²) in [6.45, 7) is 0.703. The van der Waals surface area contributed by atoms with Crippen molar-refractivity contribution in [1.29, 1.82) is 0 Å². The highest BCUT2D eigenvalue weighted by molar-refractivity contribution is 7.92. The maximum atomic E-state index is 13.8. The topological polar surface area (TPSA) is 115 Å². The van der Waals surface area contributed by atoms with Gasteiger partial charge in [0.05, 0.1) is 29.3 Å². The molecule has 4 rings (SSSR count). The lowest BCUT2D eigenvalue weighted by atomic mass is 9.80. The second kappa shape index (κ2) is 10.1. The van der Waals surface area contributed by atoms with Crippen molar-refractivity contribution in [3.05, 3.63) is 65.5 Å². The first-order chi connectivity index (χ1) is 17.4. The largest absolute Gasteiger partial charge is 0.392 e. The minimum atomic E-state index is -4.24. The summed E-state index contributed by atoms with van der Waals surface area (Å²) in [7, 11) is -4.02. The molecule has 1 aliphatic rings. The van der Waals surface area contributed by atoms with Crippen molar-refractivity contribution in [2.45, 2.75) is 50.1 Å². The van der Waals surface area contributed by atoms with Crippen LogP contribution in [0.2, 0.25) is 0 Å². The van der Waals surface area contributed by atoms with Crippen molar-refractivity contribution in [2.24, 2.45) is 17.6 Å². The molecule has 3 N–H and O–H groups in total. The third-order valence-corrected chi connectivity index (χ3v) is 9.82. The SMILES string of the molecule is CCS(=O)(=O)C(CO)(c1ccccc1)n1c(CC2CCC(C(F)(F)F)CC2)nc2cc(C(N)=O)ccc21. The van der Waals surface area contributed by atoms with Crippen molar-refractivity contribution in [3.63, 3.8) is 0 Å². The average Bonchev–Trinajstić information content (AvgIpc) is 3.22. The Labute approximate surface area is 213 Å². The van der Waals surface area contributed by atoms with Gasteiger partial charge in [0, 0.05) is 12.0 Å². The molecule has 37 heavy (non-hydrogen) atoms. The van der Waals surface area contributed by atoms with Crippen LogP contribution in [-0.2, 0) is 21.1 Å². The third kappa shape index (κ3) is 4.86. The molecule has 1 aromatic heterocycles. The summed E-state index contributed by atoms with van der Waals surface area (Å²) in [5, 5.41) is 10.8. The Morgan fingerprint density at radius 3 is 2.30 bits per heavy atom. The first-order valence-corrected chi connectivity index (χ1v) is 13.9. The Balaban J connectivity index is 1.91. The van der Waals surface area contributed by atoms with Crippen LogP contribution in [0.1, 0.15) is 54.4 Å². The van der Waals surface area contributed by atoms with E-state index in [4.69, 9.17) is 5.73 Å². The number of benzene rings is 2. The highest BCUT2D eigenvalue weighted by Gasteiger charge is 2.48. The monoisotopic (exact) mass is 537 g/mol. The molecule has 0 aliphatic heterocycles. The fourth-order valence-corrected chi connectivity index (χ4v) is 7.07. The van der Waals surface area contributed by atoms with E-state index in [1.54, 1.807) is 36.4 Å². The van der Waals surface area contributed by atoms with Gasteiger partial charge in [-0.3, -0.25) is 4.79 Å². The Morgan fingerprint density at radius 2 is 1.76 bits per heavy atom. The zero-order valence-electron chi connectivity index (χ0n) is 20.4. The van der Waals surface area contributed by atoms with E-state index in [2.05, 4.69) is 4.98 Å². The molecule has 11 heteroatoms. The number of primary amides is 1. The molecule has 1 unspecified atom stereocenters. The van der Waals surface area contributed by atoms with Crippen LogP contribution in [0.15, 0.2) is 48.5 Å². The van der Waals surface area contributed by atoms with Crippen molar-refractivity contribution >= 4 is 26.8 Å². The molecule has 200 valence electrons. The van der Waals surface area contributed by atoms with Crippen molar-refractivity contribution in [1.82, 2.24) is 9.55 Å². The lowest BCUT2D eigenvalue weighted by Crippen LogP contribution is -2.48. The van der Waals surface area contributed by atoms with Gasteiger partial charge in [0.1, 0.15) is 5.82 Å². The van der Waals surface area contributed by atoms with Crippen LogP contribution >= 0.6 is 0 Å². The van der Waals surface area contributed by atoms with Gasteiger partial charge in [0.25, 0.3) is 0 Å². The molecule has 1 atom stereocenters. The zero-order valence-corrected chi connectivity index (χ0v) is 21.2. The lowest BCUT2D eigenvalue weighted by molar-refractivity contribution is -0.183. The van der Waals surface area contributed by atoms with Gasteiger partial charge < -0.3 is 15.4 Å². The molecule has 0 saturated heterocycles. The molecule has 3 aromatic rings. The number of imidazole rings is 1. The number of nitrogens with two attached hydrogens (primary N) is 1. The molecule has 0 spiro atoms. The number of aliphatic hydroxyl groups excluding tert-OH is 1. The Bertz CT molecular complexity index is 1380. The number of nitrogens with zero attached hydrogens (tertiary/aromatic N) is 2. The quantitative estimate of drug-likeness (QED) is 0.448. The molecule has 0 bridgehead atoms. The molecule has 1 fully saturated rings. The molecule has 1 amide bonds. The van der Waals surface area contributed by atoms with Gasteiger partial charge in [-0.1, -0.05) is 37.3 Å². The lowest BCUT2D eigenvalue weighted by Gasteiger charge is -2.36.